The number of aromatic amines is 1. The van der Waals surface area contributed by atoms with E-state index in [2.05, 4.69) is 28.2 Å². The molecule has 29 heavy (non-hydrogen) atoms. The first kappa shape index (κ1) is 21.7. The number of aryl methyl sites for hydroxylation is 2. The summed E-state index contributed by atoms with van der Waals surface area (Å²) in [6, 6.07) is 6.19. The third-order valence-corrected chi connectivity index (χ3v) is 6.06. The highest BCUT2D eigenvalue weighted by Gasteiger charge is 2.17. The van der Waals surface area contributed by atoms with Crippen LogP contribution in [0.15, 0.2) is 23.0 Å². The van der Waals surface area contributed by atoms with Gasteiger partial charge in [-0.15, -0.1) is 0 Å². The molecule has 0 saturated carbocycles. The minimum atomic E-state index is -0.0331. The van der Waals surface area contributed by atoms with Crippen LogP contribution in [-0.4, -0.2) is 60.9 Å². The molecule has 1 aromatic carbocycles. The maximum absolute atomic E-state index is 12.8. The van der Waals surface area contributed by atoms with Gasteiger partial charge in [-0.05, 0) is 50.2 Å². The Morgan fingerprint density at radius 3 is 2.72 bits per heavy atom. The smallest absolute Gasteiger partial charge is 0.253 e. The molecular formula is C22H33N4O2S+. The van der Waals surface area contributed by atoms with Crippen molar-refractivity contribution in [3.8, 4) is 0 Å². The number of fused-ring (bicyclic) bond motifs is 1. The van der Waals surface area contributed by atoms with Gasteiger partial charge in [-0.3, -0.25) is 4.79 Å². The molecule has 2 aromatic rings. The normalized spacial score (nSPS) is 14.9. The second-order valence-electron chi connectivity index (χ2n) is 7.83. The summed E-state index contributed by atoms with van der Waals surface area (Å²) in [6.07, 6.45) is 1.03. The van der Waals surface area contributed by atoms with E-state index in [1.165, 1.54) is 5.56 Å². The zero-order valence-electron chi connectivity index (χ0n) is 17.8. The number of thiocarbonyl (C=S) groups is 1. The number of benzene rings is 1. The molecule has 1 aromatic heterocycles. The van der Waals surface area contributed by atoms with E-state index in [0.717, 1.165) is 74.4 Å². The molecule has 1 aliphatic heterocycles. The lowest BCUT2D eigenvalue weighted by Crippen LogP contribution is -3.14. The van der Waals surface area contributed by atoms with Gasteiger partial charge < -0.3 is 24.8 Å². The maximum Gasteiger partial charge on any atom is 0.253 e. The molecule has 0 spiro atoms. The molecule has 158 valence electrons. The van der Waals surface area contributed by atoms with E-state index in [1.807, 2.05) is 26.0 Å². The van der Waals surface area contributed by atoms with E-state index in [-0.39, 0.29) is 5.56 Å². The Bertz CT molecular complexity index is 906. The van der Waals surface area contributed by atoms with Crippen LogP contribution in [0.4, 0.5) is 0 Å². The monoisotopic (exact) mass is 417 g/mol. The first-order chi connectivity index (χ1) is 14.0. The summed E-state index contributed by atoms with van der Waals surface area (Å²) in [6.45, 7) is 13.2. The van der Waals surface area contributed by atoms with E-state index >= 15 is 0 Å². The average Bonchev–Trinajstić information content (AvgIpc) is 2.72. The highest BCUT2D eigenvalue weighted by molar-refractivity contribution is 7.80. The largest absolute Gasteiger partial charge is 0.370 e. The molecular weight excluding hydrogens is 384 g/mol. The van der Waals surface area contributed by atoms with Crippen LogP contribution in [0.2, 0.25) is 0 Å². The van der Waals surface area contributed by atoms with Gasteiger partial charge in [0, 0.05) is 30.5 Å². The second-order valence-corrected chi connectivity index (χ2v) is 8.22. The van der Waals surface area contributed by atoms with Crippen molar-refractivity contribution in [3.05, 3.63) is 45.2 Å². The number of rotatable bonds is 7. The van der Waals surface area contributed by atoms with Gasteiger partial charge in [0.15, 0.2) is 5.11 Å². The van der Waals surface area contributed by atoms with Crippen molar-refractivity contribution in [1.82, 2.24) is 15.2 Å². The summed E-state index contributed by atoms with van der Waals surface area (Å²) >= 11 is 5.61. The van der Waals surface area contributed by atoms with Crippen LogP contribution >= 0.6 is 12.2 Å². The molecule has 3 N–H and O–H groups in total. The first-order valence-electron chi connectivity index (χ1n) is 10.6. The second kappa shape index (κ2) is 10.2. The van der Waals surface area contributed by atoms with Gasteiger partial charge in [0.1, 0.15) is 13.1 Å². The summed E-state index contributed by atoms with van der Waals surface area (Å²) in [5.74, 6) is 0. The summed E-state index contributed by atoms with van der Waals surface area (Å²) in [4.78, 5) is 19.6. The summed E-state index contributed by atoms with van der Waals surface area (Å²) in [5.41, 5.74) is 3.90. The van der Waals surface area contributed by atoms with Crippen LogP contribution in [0.25, 0.3) is 10.9 Å². The predicted molar refractivity (Wildman–Crippen MR) is 122 cm³/mol. The lowest BCUT2D eigenvalue weighted by molar-refractivity contribution is -0.908. The number of pyridine rings is 1. The molecule has 6 nitrogen and oxygen atoms in total. The Hall–Kier alpha value is -1.96. The highest BCUT2D eigenvalue weighted by atomic mass is 32.1. The summed E-state index contributed by atoms with van der Waals surface area (Å²) < 4.78 is 5.44. The molecule has 0 amide bonds. The number of quaternary nitrogens is 1. The molecule has 0 atom stereocenters. The molecule has 0 aliphatic carbocycles. The fourth-order valence-corrected chi connectivity index (χ4v) is 4.19. The number of ether oxygens (including phenoxy) is 1. The maximum atomic E-state index is 12.8. The Morgan fingerprint density at radius 1 is 1.28 bits per heavy atom. The van der Waals surface area contributed by atoms with E-state index in [1.54, 1.807) is 4.90 Å². The van der Waals surface area contributed by atoms with Gasteiger partial charge >= 0.3 is 0 Å². The quantitative estimate of drug-likeness (QED) is 0.590. The van der Waals surface area contributed by atoms with Gasteiger partial charge in [0.05, 0.1) is 31.8 Å². The van der Waals surface area contributed by atoms with Crippen molar-refractivity contribution in [2.24, 2.45) is 0 Å². The molecule has 1 aliphatic rings. The zero-order valence-corrected chi connectivity index (χ0v) is 18.6. The van der Waals surface area contributed by atoms with Crippen molar-refractivity contribution < 1.29 is 9.64 Å². The number of nitrogens with zero attached hydrogens (tertiary/aromatic N) is 1. The number of nitrogens with one attached hydrogen (secondary N) is 3. The van der Waals surface area contributed by atoms with Crippen molar-refractivity contribution in [2.45, 2.75) is 33.7 Å². The van der Waals surface area contributed by atoms with Crippen LogP contribution in [0.5, 0.6) is 0 Å². The van der Waals surface area contributed by atoms with Crippen LogP contribution < -0.4 is 15.8 Å². The van der Waals surface area contributed by atoms with Crippen LogP contribution in [-0.2, 0) is 11.3 Å². The Labute approximate surface area is 178 Å². The lowest BCUT2D eigenvalue weighted by atomic mass is 10.0. The van der Waals surface area contributed by atoms with Gasteiger partial charge in [-0.1, -0.05) is 12.1 Å². The Balaban J connectivity index is 1.76. The first-order valence-corrected chi connectivity index (χ1v) is 11.0. The van der Waals surface area contributed by atoms with Gasteiger partial charge in [-0.2, -0.15) is 0 Å². The molecule has 0 bridgehead atoms. The topological polar surface area (TPSA) is 61.8 Å². The summed E-state index contributed by atoms with van der Waals surface area (Å²) in [7, 11) is 0. The Kier molecular flexibility index (Phi) is 7.64. The molecule has 1 fully saturated rings. The van der Waals surface area contributed by atoms with Crippen LogP contribution in [0.3, 0.4) is 0 Å². The average molecular weight is 418 g/mol. The van der Waals surface area contributed by atoms with Crippen LogP contribution in [0.1, 0.15) is 30.0 Å². The SMILES string of the molecule is CCNC(=S)N(CCC[NH+]1CCOCC1)Cc1cc2c(C)ccc(C)c2[nH]c1=O. The van der Waals surface area contributed by atoms with Gasteiger partial charge in [0.25, 0.3) is 5.56 Å². The van der Waals surface area contributed by atoms with E-state index < -0.39 is 0 Å². The van der Waals surface area contributed by atoms with E-state index in [4.69, 9.17) is 17.0 Å². The highest BCUT2D eigenvalue weighted by Crippen LogP contribution is 2.20. The third kappa shape index (κ3) is 5.56. The minimum absolute atomic E-state index is 0.0331. The number of aromatic nitrogens is 1. The molecule has 7 heteroatoms. The third-order valence-electron chi connectivity index (χ3n) is 5.66. The number of hydrogen-bond donors (Lipinski definition) is 3. The van der Waals surface area contributed by atoms with E-state index in [9.17, 15) is 4.79 Å². The van der Waals surface area contributed by atoms with Crippen molar-refractivity contribution in [3.63, 3.8) is 0 Å². The molecule has 3 rings (SSSR count). The lowest BCUT2D eigenvalue weighted by Gasteiger charge is -2.28. The van der Waals surface area contributed by atoms with Gasteiger partial charge in [0.2, 0.25) is 0 Å². The molecule has 0 unspecified atom stereocenters. The van der Waals surface area contributed by atoms with Crippen LogP contribution in [0, 0.1) is 13.8 Å². The standard InChI is InChI=1S/C22H32N4O2S/c1-4-23-22(29)26(9-5-8-25-10-12-28-13-11-25)15-18-14-19-16(2)6-7-17(3)20(19)24-21(18)27/h6-7,14H,4-5,8-13,15H2,1-3H3,(H,23,29)(H,24,27)/p+1. The fraction of sp³-hybridized carbons (Fsp3) is 0.545. The Morgan fingerprint density at radius 2 is 2.00 bits per heavy atom. The van der Waals surface area contributed by atoms with Crippen molar-refractivity contribution >= 4 is 28.2 Å². The molecule has 0 radical (unpaired) electrons. The zero-order chi connectivity index (χ0) is 20.8. The minimum Gasteiger partial charge on any atom is -0.370 e. The number of hydrogen-bond acceptors (Lipinski definition) is 3. The number of morpholine rings is 1. The molecule has 2 heterocycles. The number of H-pyrrole nitrogens is 1. The van der Waals surface area contributed by atoms with Crippen molar-refractivity contribution in [1.29, 1.82) is 0 Å². The fourth-order valence-electron chi connectivity index (χ4n) is 3.89. The molecule has 1 saturated heterocycles. The summed E-state index contributed by atoms with van der Waals surface area (Å²) in [5, 5.41) is 5.07. The van der Waals surface area contributed by atoms with Crippen molar-refractivity contribution in [2.75, 3.05) is 45.9 Å². The van der Waals surface area contributed by atoms with Gasteiger partial charge in [-0.25, -0.2) is 0 Å². The van der Waals surface area contributed by atoms with E-state index in [0.29, 0.717) is 11.7 Å². The predicted octanol–water partition coefficient (Wildman–Crippen LogP) is 1.15.